The molecule has 25 heavy (non-hydrogen) atoms. The number of pyridine rings is 1. The van der Waals surface area contributed by atoms with Gasteiger partial charge in [-0.1, -0.05) is 5.92 Å². The highest BCUT2D eigenvalue weighted by molar-refractivity contribution is 7.17. The Labute approximate surface area is 152 Å². The quantitative estimate of drug-likeness (QED) is 0.410. The van der Waals surface area contributed by atoms with Crippen molar-refractivity contribution in [3.05, 3.63) is 47.0 Å². The van der Waals surface area contributed by atoms with Gasteiger partial charge in [0.2, 0.25) is 5.28 Å². The Bertz CT molecular complexity index is 1160. The van der Waals surface area contributed by atoms with Gasteiger partial charge in [-0.05, 0) is 54.9 Å². The minimum atomic E-state index is -1.07. The normalized spacial score (nSPS) is 11.7. The lowest BCUT2D eigenvalue weighted by atomic mass is 10.1. The van der Waals surface area contributed by atoms with Crippen LogP contribution >= 0.6 is 22.9 Å². The molecule has 0 spiro atoms. The fourth-order valence-corrected chi connectivity index (χ4v) is 3.47. The molecule has 0 saturated carbocycles. The molecule has 0 aliphatic rings. The summed E-state index contributed by atoms with van der Waals surface area (Å²) in [5.41, 5.74) is 1.25. The molecule has 0 aliphatic heterocycles. The van der Waals surface area contributed by atoms with Crippen molar-refractivity contribution in [2.75, 3.05) is 0 Å². The van der Waals surface area contributed by atoms with Crippen LogP contribution in [0.4, 0.5) is 0 Å². The zero-order chi connectivity index (χ0) is 17.6. The third-order valence-corrected chi connectivity index (χ3v) is 4.63. The molecule has 0 unspecified atom stereocenters. The molecule has 0 aromatic carbocycles. The minimum Gasteiger partial charge on any atom is -0.378 e. The molecule has 0 atom stereocenters. The number of hydrogen-bond donors (Lipinski definition) is 1. The van der Waals surface area contributed by atoms with Gasteiger partial charge >= 0.3 is 0 Å². The van der Waals surface area contributed by atoms with E-state index in [1.807, 2.05) is 34.3 Å². The molecule has 0 fully saturated rings. The molecule has 7 heteroatoms. The Kier molecular flexibility index (Phi) is 3.73. The number of rotatable bonds is 1. The van der Waals surface area contributed by atoms with E-state index in [0.29, 0.717) is 5.69 Å². The largest absolute Gasteiger partial charge is 0.378 e. The summed E-state index contributed by atoms with van der Waals surface area (Å²) in [6, 6.07) is 5.76. The highest BCUT2D eigenvalue weighted by atomic mass is 35.5. The molecule has 4 aromatic rings. The minimum absolute atomic E-state index is 0.207. The molecule has 0 bridgehead atoms. The lowest BCUT2D eigenvalue weighted by Crippen LogP contribution is -2.14. The van der Waals surface area contributed by atoms with Gasteiger partial charge in [-0.2, -0.15) is 4.98 Å². The first kappa shape index (κ1) is 16.0. The van der Waals surface area contributed by atoms with Crippen LogP contribution in [0.3, 0.4) is 0 Å². The summed E-state index contributed by atoms with van der Waals surface area (Å²) in [6.45, 7) is 3.27. The summed E-state index contributed by atoms with van der Waals surface area (Å²) >= 11 is 7.65. The second-order valence-corrected chi connectivity index (χ2v) is 7.33. The molecule has 4 heterocycles. The lowest BCUT2D eigenvalue weighted by Gasteiger charge is -2.07. The summed E-state index contributed by atoms with van der Waals surface area (Å²) in [6.07, 6.45) is 3.69. The number of thiophene rings is 1. The fourth-order valence-electron chi connectivity index (χ4n) is 2.48. The Morgan fingerprint density at radius 3 is 2.92 bits per heavy atom. The standard InChI is InChI=1S/C18H13ClN4OS/c1-18(2,24)6-3-12-9-14-11(10-20-12)4-7-23(14)16-15-13(5-8-25-15)21-17(19)22-16/h4-5,7-10,24H,1-2H3. The van der Waals surface area contributed by atoms with Crippen LogP contribution in [-0.4, -0.2) is 30.2 Å². The topological polar surface area (TPSA) is 63.8 Å². The molecule has 0 radical (unpaired) electrons. The lowest BCUT2D eigenvalue weighted by molar-refractivity contribution is 0.143. The zero-order valence-corrected chi connectivity index (χ0v) is 15.1. The van der Waals surface area contributed by atoms with Gasteiger partial charge in [-0.25, -0.2) is 9.97 Å². The number of nitrogens with zero attached hydrogens (tertiary/aromatic N) is 4. The summed E-state index contributed by atoms with van der Waals surface area (Å²) in [4.78, 5) is 13.0. The van der Waals surface area contributed by atoms with Crippen LogP contribution in [0.1, 0.15) is 19.5 Å². The van der Waals surface area contributed by atoms with Crippen LogP contribution in [-0.2, 0) is 0 Å². The predicted octanol–water partition coefficient (Wildman–Crippen LogP) is 3.81. The smallest absolute Gasteiger partial charge is 0.224 e. The van der Waals surface area contributed by atoms with E-state index in [0.717, 1.165) is 26.9 Å². The van der Waals surface area contributed by atoms with E-state index in [-0.39, 0.29) is 5.28 Å². The molecular weight excluding hydrogens is 356 g/mol. The van der Waals surface area contributed by atoms with Gasteiger partial charge in [0.15, 0.2) is 5.82 Å². The molecule has 0 saturated heterocycles. The van der Waals surface area contributed by atoms with Crippen molar-refractivity contribution in [2.24, 2.45) is 0 Å². The zero-order valence-electron chi connectivity index (χ0n) is 13.5. The van der Waals surface area contributed by atoms with Crippen molar-refractivity contribution >= 4 is 44.1 Å². The molecule has 0 aliphatic carbocycles. The molecule has 5 nitrogen and oxygen atoms in total. The third kappa shape index (κ3) is 3.10. The molecule has 4 rings (SSSR count). The Morgan fingerprint density at radius 1 is 1.28 bits per heavy atom. The van der Waals surface area contributed by atoms with Gasteiger partial charge in [-0.3, -0.25) is 4.57 Å². The number of halogens is 1. The monoisotopic (exact) mass is 368 g/mol. The first-order valence-corrected chi connectivity index (χ1v) is 8.80. The first-order valence-electron chi connectivity index (χ1n) is 7.54. The van der Waals surface area contributed by atoms with Gasteiger partial charge < -0.3 is 5.11 Å². The molecule has 124 valence electrons. The summed E-state index contributed by atoms with van der Waals surface area (Å²) in [7, 11) is 0. The van der Waals surface area contributed by atoms with E-state index >= 15 is 0 Å². The van der Waals surface area contributed by atoms with Gasteiger partial charge in [-0.15, -0.1) is 11.3 Å². The predicted molar refractivity (Wildman–Crippen MR) is 100 cm³/mol. The summed E-state index contributed by atoms with van der Waals surface area (Å²) in [5, 5.41) is 12.9. The summed E-state index contributed by atoms with van der Waals surface area (Å²) in [5.74, 6) is 6.42. The van der Waals surface area contributed by atoms with Gasteiger partial charge in [0.25, 0.3) is 0 Å². The first-order chi connectivity index (χ1) is 11.9. The number of aromatic nitrogens is 4. The van der Waals surface area contributed by atoms with Gasteiger partial charge in [0, 0.05) is 17.8 Å². The second-order valence-electron chi connectivity index (χ2n) is 6.07. The van der Waals surface area contributed by atoms with Crippen LogP contribution in [0, 0.1) is 11.8 Å². The fraction of sp³-hybridized carbons (Fsp3) is 0.167. The third-order valence-electron chi connectivity index (χ3n) is 3.56. The highest BCUT2D eigenvalue weighted by Gasteiger charge is 2.13. The highest BCUT2D eigenvalue weighted by Crippen LogP contribution is 2.29. The Balaban J connectivity index is 1.92. The van der Waals surface area contributed by atoms with Crippen LogP contribution in [0.25, 0.3) is 26.9 Å². The maximum Gasteiger partial charge on any atom is 0.224 e. The SMILES string of the molecule is CC(C)(O)C#Cc1cc2c(ccn2-c2nc(Cl)nc3ccsc23)cn1. The van der Waals surface area contributed by atoms with Gasteiger partial charge in [0.05, 0.1) is 15.7 Å². The van der Waals surface area contributed by atoms with E-state index in [4.69, 9.17) is 11.6 Å². The van der Waals surface area contributed by atoms with Crippen molar-refractivity contribution in [2.45, 2.75) is 19.4 Å². The number of hydrogen-bond acceptors (Lipinski definition) is 5. The molecule has 1 N–H and O–H groups in total. The van der Waals surface area contributed by atoms with Crippen molar-refractivity contribution in [3.63, 3.8) is 0 Å². The Hall–Kier alpha value is -2.46. The second kappa shape index (κ2) is 5.81. The van der Waals surface area contributed by atoms with Crippen molar-refractivity contribution in [3.8, 4) is 17.7 Å². The maximum absolute atomic E-state index is 9.77. The van der Waals surface area contributed by atoms with Crippen LogP contribution in [0.2, 0.25) is 5.28 Å². The average Bonchev–Trinajstić information content (AvgIpc) is 3.17. The molecular formula is C18H13ClN4OS. The van der Waals surface area contributed by atoms with Crippen molar-refractivity contribution in [1.82, 2.24) is 19.5 Å². The number of aliphatic hydroxyl groups is 1. The Morgan fingerprint density at radius 2 is 2.12 bits per heavy atom. The van der Waals surface area contributed by atoms with E-state index in [2.05, 4.69) is 26.8 Å². The van der Waals surface area contributed by atoms with Gasteiger partial charge in [0.1, 0.15) is 11.3 Å². The average molecular weight is 369 g/mol. The summed E-state index contributed by atoms with van der Waals surface area (Å²) < 4.78 is 2.92. The van der Waals surface area contributed by atoms with E-state index in [1.165, 1.54) is 0 Å². The van der Waals surface area contributed by atoms with E-state index in [1.54, 1.807) is 31.4 Å². The van der Waals surface area contributed by atoms with Crippen LogP contribution in [0.15, 0.2) is 36.0 Å². The van der Waals surface area contributed by atoms with Crippen LogP contribution in [0.5, 0.6) is 0 Å². The molecule has 4 aromatic heterocycles. The van der Waals surface area contributed by atoms with Crippen molar-refractivity contribution < 1.29 is 5.11 Å². The van der Waals surface area contributed by atoms with E-state index < -0.39 is 5.60 Å². The van der Waals surface area contributed by atoms with E-state index in [9.17, 15) is 5.11 Å². The maximum atomic E-state index is 9.77. The molecule has 0 amide bonds. The number of fused-ring (bicyclic) bond motifs is 2. The van der Waals surface area contributed by atoms with Crippen molar-refractivity contribution in [1.29, 1.82) is 0 Å². The van der Waals surface area contributed by atoms with Crippen LogP contribution < -0.4 is 0 Å².